The van der Waals surface area contributed by atoms with Crippen LogP contribution in [0.1, 0.15) is 50.3 Å². The van der Waals surface area contributed by atoms with Gasteiger partial charge in [-0.1, -0.05) is 12.8 Å². The maximum atomic E-state index is 4.50. The summed E-state index contributed by atoms with van der Waals surface area (Å²) >= 11 is 1.52. The molecule has 82 valence electrons. The number of nitrogens with one attached hydrogen (secondary N) is 1. The molecule has 0 unspecified atom stereocenters. The van der Waals surface area contributed by atoms with Crippen molar-refractivity contribution in [2.24, 2.45) is 5.92 Å². The third-order valence-electron chi connectivity index (χ3n) is 3.15. The zero-order chi connectivity index (χ0) is 10.1. The highest BCUT2D eigenvalue weighted by atomic mass is 32.1. The van der Waals surface area contributed by atoms with E-state index in [1.54, 1.807) is 0 Å². The van der Waals surface area contributed by atoms with Crippen LogP contribution in [0.15, 0.2) is 0 Å². The topological polar surface area (TPSA) is 37.8 Å². The molecule has 3 rings (SSSR count). The number of nitrogens with zero attached hydrogens (tertiary/aromatic N) is 2. The summed E-state index contributed by atoms with van der Waals surface area (Å²) in [6.07, 6.45) is 8.18. The molecule has 3 nitrogen and oxygen atoms in total. The van der Waals surface area contributed by atoms with Crippen LogP contribution < -0.4 is 5.32 Å². The van der Waals surface area contributed by atoms with E-state index in [2.05, 4.69) is 14.7 Å². The lowest BCUT2D eigenvalue weighted by atomic mass is 10.2. The van der Waals surface area contributed by atoms with E-state index in [1.807, 2.05) is 0 Å². The Hall–Kier alpha value is -0.640. The van der Waals surface area contributed by atoms with Gasteiger partial charge in [-0.05, 0) is 31.6 Å². The van der Waals surface area contributed by atoms with Crippen LogP contribution in [0.25, 0.3) is 0 Å². The SMILES string of the molecule is C(CNc1nc(C2CC2)ns1)CC1CC1. The molecule has 0 bridgehead atoms. The van der Waals surface area contributed by atoms with Crippen molar-refractivity contribution in [3.63, 3.8) is 0 Å². The molecule has 0 radical (unpaired) electrons. The highest BCUT2D eigenvalue weighted by Gasteiger charge is 2.27. The van der Waals surface area contributed by atoms with Gasteiger partial charge in [-0.2, -0.15) is 4.37 Å². The molecule has 2 saturated carbocycles. The normalized spacial score (nSPS) is 20.5. The third kappa shape index (κ3) is 2.68. The van der Waals surface area contributed by atoms with Gasteiger partial charge in [0.25, 0.3) is 0 Å². The lowest BCUT2D eigenvalue weighted by molar-refractivity contribution is 0.687. The van der Waals surface area contributed by atoms with Crippen molar-refractivity contribution in [1.82, 2.24) is 9.36 Å². The Morgan fingerprint density at radius 2 is 2.13 bits per heavy atom. The molecule has 2 aliphatic carbocycles. The maximum Gasteiger partial charge on any atom is 0.202 e. The van der Waals surface area contributed by atoms with Gasteiger partial charge in [0, 0.05) is 24.0 Å². The zero-order valence-corrected chi connectivity index (χ0v) is 9.72. The molecule has 15 heavy (non-hydrogen) atoms. The van der Waals surface area contributed by atoms with Crippen molar-refractivity contribution in [2.45, 2.75) is 44.4 Å². The summed E-state index contributed by atoms with van der Waals surface area (Å²) in [5, 5.41) is 4.40. The fourth-order valence-corrected chi connectivity index (χ4v) is 2.48. The monoisotopic (exact) mass is 223 g/mol. The molecular weight excluding hydrogens is 206 g/mol. The van der Waals surface area contributed by atoms with Gasteiger partial charge in [-0.15, -0.1) is 0 Å². The molecule has 2 fully saturated rings. The van der Waals surface area contributed by atoms with E-state index in [9.17, 15) is 0 Å². The minimum absolute atomic E-state index is 0.684. The Kier molecular flexibility index (Phi) is 2.61. The average molecular weight is 223 g/mol. The Balaban J connectivity index is 1.40. The van der Waals surface area contributed by atoms with Crippen molar-refractivity contribution in [1.29, 1.82) is 0 Å². The Labute approximate surface area is 94.5 Å². The molecule has 0 spiro atoms. The maximum absolute atomic E-state index is 4.50. The first-order valence-corrected chi connectivity index (χ1v) is 6.76. The van der Waals surface area contributed by atoms with E-state index in [0.717, 1.165) is 23.4 Å². The lowest BCUT2D eigenvalue weighted by Crippen LogP contribution is -2.01. The van der Waals surface area contributed by atoms with Crippen molar-refractivity contribution >= 4 is 16.7 Å². The molecule has 2 aliphatic rings. The predicted octanol–water partition coefficient (Wildman–Crippen LogP) is 3.02. The second-order valence-electron chi connectivity index (χ2n) is 4.74. The standard InChI is InChI=1S/C11H17N3S/c1(2-8-3-4-8)7-12-11-13-10(14-15-11)9-5-6-9/h8-9H,1-7H2,(H,12,13,14). The number of anilines is 1. The first-order chi connectivity index (χ1) is 7.42. The lowest BCUT2D eigenvalue weighted by Gasteiger charge is -2.00. The number of hydrogen-bond donors (Lipinski definition) is 1. The van der Waals surface area contributed by atoms with Gasteiger partial charge < -0.3 is 5.32 Å². The summed E-state index contributed by atoms with van der Waals surface area (Å²) in [6.45, 7) is 1.07. The molecule has 1 heterocycles. The first kappa shape index (κ1) is 9.58. The predicted molar refractivity (Wildman–Crippen MR) is 62.3 cm³/mol. The van der Waals surface area contributed by atoms with E-state index < -0.39 is 0 Å². The van der Waals surface area contributed by atoms with Crippen LogP contribution in [-0.2, 0) is 0 Å². The summed E-state index contributed by atoms with van der Waals surface area (Å²) in [6, 6.07) is 0. The summed E-state index contributed by atoms with van der Waals surface area (Å²) in [5.74, 6) is 2.80. The highest BCUT2D eigenvalue weighted by molar-refractivity contribution is 7.09. The summed E-state index contributed by atoms with van der Waals surface area (Å²) < 4.78 is 4.37. The molecule has 1 aromatic heterocycles. The van der Waals surface area contributed by atoms with Gasteiger partial charge in [-0.25, -0.2) is 4.98 Å². The van der Waals surface area contributed by atoms with E-state index in [0.29, 0.717) is 5.92 Å². The summed E-state index contributed by atoms with van der Waals surface area (Å²) in [7, 11) is 0. The molecule has 1 N–H and O–H groups in total. The Bertz CT molecular complexity index is 328. The molecule has 0 saturated heterocycles. The minimum Gasteiger partial charge on any atom is -0.360 e. The van der Waals surface area contributed by atoms with Crippen molar-refractivity contribution in [2.75, 3.05) is 11.9 Å². The van der Waals surface area contributed by atoms with Gasteiger partial charge in [0.1, 0.15) is 5.82 Å². The Morgan fingerprint density at radius 3 is 2.87 bits per heavy atom. The zero-order valence-electron chi connectivity index (χ0n) is 8.91. The first-order valence-electron chi connectivity index (χ1n) is 5.99. The van der Waals surface area contributed by atoms with Crippen molar-refractivity contribution in [3.05, 3.63) is 5.82 Å². The third-order valence-corrected chi connectivity index (χ3v) is 3.83. The highest BCUT2D eigenvalue weighted by Crippen LogP contribution is 2.39. The smallest absolute Gasteiger partial charge is 0.202 e. The molecule has 0 atom stereocenters. The van der Waals surface area contributed by atoms with Crippen LogP contribution in [0, 0.1) is 5.92 Å². The second kappa shape index (κ2) is 4.08. The van der Waals surface area contributed by atoms with Gasteiger partial charge in [0.15, 0.2) is 0 Å². The molecule has 4 heteroatoms. The van der Waals surface area contributed by atoms with Crippen molar-refractivity contribution < 1.29 is 0 Å². The molecule has 0 aromatic carbocycles. The van der Waals surface area contributed by atoms with E-state index in [1.165, 1.54) is 50.1 Å². The second-order valence-corrected chi connectivity index (χ2v) is 5.50. The number of aromatic nitrogens is 2. The largest absolute Gasteiger partial charge is 0.360 e. The minimum atomic E-state index is 0.684. The quantitative estimate of drug-likeness (QED) is 0.753. The fourth-order valence-electron chi connectivity index (χ4n) is 1.81. The van der Waals surface area contributed by atoms with Gasteiger partial charge in [0.05, 0.1) is 0 Å². The van der Waals surface area contributed by atoms with Crippen molar-refractivity contribution in [3.8, 4) is 0 Å². The summed E-state index contributed by atoms with van der Waals surface area (Å²) in [5.41, 5.74) is 0. The van der Waals surface area contributed by atoms with Crippen LogP contribution in [0.4, 0.5) is 5.13 Å². The molecule has 1 aromatic rings. The van der Waals surface area contributed by atoms with Crippen LogP contribution in [0.3, 0.4) is 0 Å². The van der Waals surface area contributed by atoms with Crippen LogP contribution in [0.5, 0.6) is 0 Å². The van der Waals surface area contributed by atoms with Gasteiger partial charge in [-0.3, -0.25) is 0 Å². The summed E-state index contributed by atoms with van der Waals surface area (Å²) in [4.78, 5) is 4.50. The molecule has 0 aliphatic heterocycles. The van der Waals surface area contributed by atoms with Crippen LogP contribution in [0.2, 0.25) is 0 Å². The van der Waals surface area contributed by atoms with E-state index in [-0.39, 0.29) is 0 Å². The Morgan fingerprint density at radius 1 is 1.27 bits per heavy atom. The fraction of sp³-hybridized carbons (Fsp3) is 0.818. The molecular formula is C11H17N3S. The van der Waals surface area contributed by atoms with E-state index >= 15 is 0 Å². The van der Waals surface area contributed by atoms with Gasteiger partial charge in [0.2, 0.25) is 5.13 Å². The van der Waals surface area contributed by atoms with E-state index in [4.69, 9.17) is 0 Å². The average Bonchev–Trinajstić information content (AvgIpc) is 3.14. The number of hydrogen-bond acceptors (Lipinski definition) is 4. The molecule has 0 amide bonds. The van der Waals surface area contributed by atoms with Gasteiger partial charge >= 0.3 is 0 Å². The van der Waals surface area contributed by atoms with Crippen LogP contribution in [-0.4, -0.2) is 15.9 Å². The number of rotatable bonds is 6. The van der Waals surface area contributed by atoms with Crippen LogP contribution >= 0.6 is 11.5 Å².